The fraction of sp³-hybridized carbons (Fsp3) is 0.105. The number of nitrogens with zero attached hydrogens (tertiary/aromatic N) is 1. The molecule has 0 atom stereocenters. The normalized spacial score (nSPS) is 15.3. The summed E-state index contributed by atoms with van der Waals surface area (Å²) in [6.45, 7) is -0.199. The summed E-state index contributed by atoms with van der Waals surface area (Å²) in [4.78, 5) is 26.5. The molecule has 1 aliphatic rings. The molecule has 1 saturated heterocycles. The van der Waals surface area contributed by atoms with E-state index in [2.05, 4.69) is 5.32 Å². The van der Waals surface area contributed by atoms with Crippen molar-refractivity contribution in [2.75, 3.05) is 19.0 Å². The lowest BCUT2D eigenvalue weighted by atomic mass is 10.2. The van der Waals surface area contributed by atoms with Crippen LogP contribution in [0.4, 0.5) is 5.69 Å². The number of hydrogen-bond acceptors (Lipinski definition) is 6. The Balaban J connectivity index is 1.70. The van der Waals surface area contributed by atoms with E-state index >= 15 is 0 Å². The lowest BCUT2D eigenvalue weighted by Crippen LogP contribution is -2.36. The van der Waals surface area contributed by atoms with Crippen molar-refractivity contribution in [2.45, 2.75) is 0 Å². The molecule has 0 radical (unpaired) electrons. The van der Waals surface area contributed by atoms with E-state index in [-0.39, 0.29) is 18.2 Å². The quantitative estimate of drug-likeness (QED) is 0.593. The number of thioether (sulfide) groups is 1. The van der Waals surface area contributed by atoms with E-state index in [1.54, 1.807) is 31.4 Å². The van der Waals surface area contributed by atoms with Gasteiger partial charge in [-0.15, -0.1) is 0 Å². The minimum absolute atomic E-state index is 0.0413. The predicted octanol–water partition coefficient (Wildman–Crippen LogP) is 3.24. The molecular formula is C19H16N2O4S2. The molecule has 2 N–H and O–H groups in total. The summed E-state index contributed by atoms with van der Waals surface area (Å²) >= 11 is 6.39. The van der Waals surface area contributed by atoms with Crippen LogP contribution in [-0.2, 0) is 9.59 Å². The van der Waals surface area contributed by atoms with E-state index in [9.17, 15) is 14.7 Å². The zero-order valence-corrected chi connectivity index (χ0v) is 16.0. The molecule has 138 valence electrons. The molecule has 0 saturated carbocycles. The van der Waals surface area contributed by atoms with Gasteiger partial charge in [-0.1, -0.05) is 42.2 Å². The second kappa shape index (κ2) is 8.24. The topological polar surface area (TPSA) is 78.9 Å². The molecule has 2 aromatic rings. The van der Waals surface area contributed by atoms with E-state index in [1.807, 2.05) is 18.2 Å². The Bertz CT molecular complexity index is 943. The van der Waals surface area contributed by atoms with Crippen molar-refractivity contribution in [3.05, 3.63) is 59.0 Å². The standard InChI is InChI=1S/C19H16N2O4S2/c1-25-15-7-2-4-12(8-15)9-16-18(24)21(19(26)27-16)11-17(23)20-13-5-3-6-14(22)10-13/h2-10,22H,11H2,1H3,(H,20,23)/b16-9-. The Morgan fingerprint density at radius 3 is 2.81 bits per heavy atom. The molecule has 1 heterocycles. The summed E-state index contributed by atoms with van der Waals surface area (Å²) in [6, 6.07) is 13.5. The van der Waals surface area contributed by atoms with Gasteiger partial charge < -0.3 is 15.2 Å². The molecule has 8 heteroatoms. The van der Waals surface area contributed by atoms with Crippen LogP contribution >= 0.6 is 24.0 Å². The maximum absolute atomic E-state index is 12.6. The third-order valence-corrected chi connectivity index (χ3v) is 5.07. The number of methoxy groups -OCH3 is 1. The third kappa shape index (κ3) is 4.66. The lowest BCUT2D eigenvalue weighted by molar-refractivity contribution is -0.126. The monoisotopic (exact) mass is 400 g/mol. The van der Waals surface area contributed by atoms with Crippen molar-refractivity contribution in [3.8, 4) is 11.5 Å². The summed E-state index contributed by atoms with van der Waals surface area (Å²) in [6.07, 6.45) is 1.72. The first-order chi connectivity index (χ1) is 13.0. The zero-order valence-electron chi connectivity index (χ0n) is 14.3. The van der Waals surface area contributed by atoms with Crippen LogP contribution in [0.2, 0.25) is 0 Å². The molecule has 0 unspecified atom stereocenters. The van der Waals surface area contributed by atoms with Gasteiger partial charge in [0, 0.05) is 11.8 Å². The summed E-state index contributed by atoms with van der Waals surface area (Å²) in [5, 5.41) is 12.1. The molecular weight excluding hydrogens is 384 g/mol. The molecule has 0 spiro atoms. The van der Waals surface area contributed by atoms with Crippen molar-refractivity contribution >= 4 is 51.9 Å². The average Bonchev–Trinajstić information content (AvgIpc) is 2.89. The number of phenols is 1. The average molecular weight is 400 g/mol. The highest BCUT2D eigenvalue weighted by Gasteiger charge is 2.33. The Kier molecular flexibility index (Phi) is 5.78. The molecule has 6 nitrogen and oxygen atoms in total. The minimum Gasteiger partial charge on any atom is -0.508 e. The number of aromatic hydroxyl groups is 1. The summed E-state index contributed by atoms with van der Waals surface area (Å²) in [7, 11) is 1.57. The van der Waals surface area contributed by atoms with E-state index in [0.717, 1.165) is 17.3 Å². The number of benzene rings is 2. The third-order valence-electron chi connectivity index (χ3n) is 3.70. The molecule has 1 fully saturated rings. The maximum atomic E-state index is 12.6. The molecule has 1 aliphatic heterocycles. The SMILES string of the molecule is COc1cccc(/C=C2\SC(=S)N(CC(=O)Nc3cccc(O)c3)C2=O)c1. The van der Waals surface area contributed by atoms with E-state index in [1.165, 1.54) is 17.0 Å². The van der Waals surface area contributed by atoms with E-state index < -0.39 is 5.91 Å². The number of nitrogens with one attached hydrogen (secondary N) is 1. The van der Waals surface area contributed by atoms with Crippen LogP contribution in [-0.4, -0.2) is 39.8 Å². The molecule has 0 aliphatic carbocycles. The van der Waals surface area contributed by atoms with Gasteiger partial charge in [0.1, 0.15) is 22.4 Å². The Morgan fingerprint density at radius 1 is 1.30 bits per heavy atom. The molecule has 2 aromatic carbocycles. The first kappa shape index (κ1) is 18.9. The van der Waals surface area contributed by atoms with Crippen molar-refractivity contribution in [2.24, 2.45) is 0 Å². The number of phenolic OH excluding ortho intramolecular Hbond substituents is 1. The smallest absolute Gasteiger partial charge is 0.266 e. The fourth-order valence-corrected chi connectivity index (χ4v) is 3.70. The molecule has 0 aromatic heterocycles. The predicted molar refractivity (Wildman–Crippen MR) is 110 cm³/mol. The number of hydrogen-bond donors (Lipinski definition) is 2. The number of ether oxygens (including phenoxy) is 1. The first-order valence-electron chi connectivity index (χ1n) is 7.94. The number of amides is 2. The van der Waals surface area contributed by atoms with Gasteiger partial charge in [0.2, 0.25) is 5.91 Å². The Hall–Kier alpha value is -2.84. The summed E-state index contributed by atoms with van der Waals surface area (Å²) in [5.41, 5.74) is 1.25. The van der Waals surface area contributed by atoms with E-state index in [4.69, 9.17) is 17.0 Å². The fourth-order valence-electron chi connectivity index (χ4n) is 2.45. The molecule has 27 heavy (non-hydrogen) atoms. The van der Waals surface area contributed by atoms with Crippen LogP contribution in [0.15, 0.2) is 53.4 Å². The van der Waals surface area contributed by atoms with Gasteiger partial charge >= 0.3 is 0 Å². The van der Waals surface area contributed by atoms with E-state index in [0.29, 0.717) is 20.7 Å². The zero-order chi connectivity index (χ0) is 19.4. The number of anilines is 1. The highest BCUT2D eigenvalue weighted by Crippen LogP contribution is 2.32. The van der Waals surface area contributed by atoms with Crippen molar-refractivity contribution in [3.63, 3.8) is 0 Å². The highest BCUT2D eigenvalue weighted by molar-refractivity contribution is 8.26. The van der Waals surface area contributed by atoms with Crippen molar-refractivity contribution < 1.29 is 19.4 Å². The first-order valence-corrected chi connectivity index (χ1v) is 9.17. The highest BCUT2D eigenvalue weighted by atomic mass is 32.2. The Morgan fingerprint density at radius 2 is 2.07 bits per heavy atom. The van der Waals surface area contributed by atoms with Gasteiger partial charge in [0.15, 0.2) is 0 Å². The van der Waals surface area contributed by atoms with Gasteiger partial charge in [-0.05, 0) is 35.9 Å². The summed E-state index contributed by atoms with van der Waals surface area (Å²) < 4.78 is 5.50. The van der Waals surface area contributed by atoms with Crippen LogP contribution < -0.4 is 10.1 Å². The Labute approximate surface area is 165 Å². The number of thiocarbonyl (C=S) groups is 1. The molecule has 3 rings (SSSR count). The van der Waals surface area contributed by atoms with Gasteiger partial charge in [-0.2, -0.15) is 0 Å². The number of rotatable bonds is 5. The van der Waals surface area contributed by atoms with Crippen LogP contribution in [0.25, 0.3) is 6.08 Å². The number of carbonyl (C=O) groups excluding carboxylic acids is 2. The van der Waals surface area contributed by atoms with Crippen molar-refractivity contribution in [1.29, 1.82) is 0 Å². The van der Waals surface area contributed by atoms with Gasteiger partial charge in [0.25, 0.3) is 5.91 Å². The van der Waals surface area contributed by atoms with Crippen LogP contribution in [0.3, 0.4) is 0 Å². The van der Waals surface area contributed by atoms with Gasteiger partial charge in [0.05, 0.1) is 12.0 Å². The molecule has 2 amide bonds. The van der Waals surface area contributed by atoms with Crippen LogP contribution in [0.5, 0.6) is 11.5 Å². The second-order valence-corrected chi connectivity index (χ2v) is 7.32. The number of carbonyl (C=O) groups is 2. The van der Waals surface area contributed by atoms with Crippen LogP contribution in [0.1, 0.15) is 5.56 Å². The van der Waals surface area contributed by atoms with Crippen LogP contribution in [0, 0.1) is 0 Å². The summed E-state index contributed by atoms with van der Waals surface area (Å²) in [5.74, 6) is 0.00256. The largest absolute Gasteiger partial charge is 0.508 e. The second-order valence-electron chi connectivity index (χ2n) is 5.64. The van der Waals surface area contributed by atoms with Crippen molar-refractivity contribution in [1.82, 2.24) is 4.90 Å². The molecule has 0 bridgehead atoms. The van der Waals surface area contributed by atoms with Gasteiger partial charge in [-0.25, -0.2) is 0 Å². The maximum Gasteiger partial charge on any atom is 0.266 e. The van der Waals surface area contributed by atoms with Gasteiger partial charge in [-0.3, -0.25) is 14.5 Å². The minimum atomic E-state index is -0.403. The lowest BCUT2D eigenvalue weighted by Gasteiger charge is -2.14.